The van der Waals surface area contributed by atoms with Gasteiger partial charge in [0.25, 0.3) is 0 Å². The molecule has 20 heavy (non-hydrogen) atoms. The zero-order valence-corrected chi connectivity index (χ0v) is 12.7. The highest BCUT2D eigenvalue weighted by molar-refractivity contribution is 7.88. The lowest BCUT2D eigenvalue weighted by Gasteiger charge is -2.30. The molecule has 1 fully saturated rings. The Bertz CT molecular complexity index is 541. The van der Waals surface area contributed by atoms with Gasteiger partial charge in [0.1, 0.15) is 5.82 Å². The molecule has 0 radical (unpaired) electrons. The third-order valence-electron chi connectivity index (χ3n) is 3.27. The fourth-order valence-electron chi connectivity index (χ4n) is 2.22. The van der Waals surface area contributed by atoms with E-state index >= 15 is 0 Å². The number of sulfonamides is 1. The summed E-state index contributed by atoms with van der Waals surface area (Å²) in [5.74, 6) is 1.37. The average Bonchev–Trinajstić information content (AvgIpc) is 2.39. The summed E-state index contributed by atoms with van der Waals surface area (Å²) in [6.45, 7) is 3.91. The van der Waals surface area contributed by atoms with E-state index in [0.717, 1.165) is 25.2 Å². The Hall–Kier alpha value is -1.41. The molecular formula is C12H21N5O2S. The van der Waals surface area contributed by atoms with Gasteiger partial charge in [0, 0.05) is 31.9 Å². The first kappa shape index (κ1) is 15.0. The van der Waals surface area contributed by atoms with E-state index in [1.54, 1.807) is 6.20 Å². The first-order valence-corrected chi connectivity index (χ1v) is 8.62. The van der Waals surface area contributed by atoms with Crippen LogP contribution in [-0.2, 0) is 10.0 Å². The zero-order valence-electron chi connectivity index (χ0n) is 11.8. The predicted molar refractivity (Wildman–Crippen MR) is 79.3 cm³/mol. The number of rotatable bonds is 5. The number of hydrogen-bond acceptors (Lipinski definition) is 6. The van der Waals surface area contributed by atoms with Gasteiger partial charge in [0.15, 0.2) is 0 Å². The predicted octanol–water partition coefficient (Wildman–Crippen LogP) is 0.744. The molecule has 0 unspecified atom stereocenters. The molecule has 0 atom stereocenters. The molecule has 0 aromatic carbocycles. The summed E-state index contributed by atoms with van der Waals surface area (Å²) >= 11 is 0. The van der Waals surface area contributed by atoms with Crippen molar-refractivity contribution in [2.45, 2.75) is 25.8 Å². The van der Waals surface area contributed by atoms with Crippen LogP contribution in [0.4, 0.5) is 11.8 Å². The summed E-state index contributed by atoms with van der Waals surface area (Å²) in [6.07, 6.45) is 4.49. The lowest BCUT2D eigenvalue weighted by molar-refractivity contribution is 0.331. The molecule has 1 saturated heterocycles. The summed E-state index contributed by atoms with van der Waals surface area (Å²) in [5.41, 5.74) is 0. The highest BCUT2D eigenvalue weighted by atomic mass is 32.2. The molecule has 7 nitrogen and oxygen atoms in total. The van der Waals surface area contributed by atoms with E-state index < -0.39 is 10.0 Å². The van der Waals surface area contributed by atoms with Gasteiger partial charge in [-0.3, -0.25) is 0 Å². The molecule has 0 spiro atoms. The molecule has 1 aliphatic rings. The molecule has 1 aromatic heterocycles. The van der Waals surface area contributed by atoms with Crippen LogP contribution < -0.4 is 10.6 Å². The van der Waals surface area contributed by atoms with Gasteiger partial charge in [-0.25, -0.2) is 17.7 Å². The highest BCUT2D eigenvalue weighted by Crippen LogP contribution is 2.16. The molecule has 1 aliphatic heterocycles. The van der Waals surface area contributed by atoms with Crippen LogP contribution in [0, 0.1) is 0 Å². The van der Waals surface area contributed by atoms with Gasteiger partial charge in [0.05, 0.1) is 6.26 Å². The van der Waals surface area contributed by atoms with Crippen molar-refractivity contribution in [1.29, 1.82) is 0 Å². The van der Waals surface area contributed by atoms with Crippen LogP contribution in [-0.4, -0.2) is 54.6 Å². The molecule has 0 bridgehead atoms. The molecule has 112 valence electrons. The first-order chi connectivity index (χ1) is 9.49. The normalized spacial score (nSPS) is 17.9. The molecule has 0 saturated carbocycles. The molecule has 2 rings (SSSR count). The maximum absolute atomic E-state index is 11.4. The van der Waals surface area contributed by atoms with Gasteiger partial charge in [-0.1, -0.05) is 0 Å². The van der Waals surface area contributed by atoms with Crippen LogP contribution in [0.5, 0.6) is 0 Å². The van der Waals surface area contributed by atoms with Gasteiger partial charge in [-0.15, -0.1) is 0 Å². The Morgan fingerprint density at radius 2 is 2.10 bits per heavy atom. The van der Waals surface area contributed by atoms with Gasteiger partial charge >= 0.3 is 0 Å². The Morgan fingerprint density at radius 3 is 2.70 bits per heavy atom. The quantitative estimate of drug-likeness (QED) is 0.834. The smallest absolute Gasteiger partial charge is 0.224 e. The summed E-state index contributed by atoms with van der Waals surface area (Å²) < 4.78 is 24.4. The van der Waals surface area contributed by atoms with Crippen LogP contribution in [0.1, 0.15) is 19.8 Å². The van der Waals surface area contributed by atoms with Gasteiger partial charge in [-0.2, -0.15) is 4.98 Å². The van der Waals surface area contributed by atoms with E-state index in [2.05, 4.69) is 20.6 Å². The van der Waals surface area contributed by atoms with E-state index in [4.69, 9.17) is 0 Å². The van der Waals surface area contributed by atoms with Crippen LogP contribution in [0.2, 0.25) is 0 Å². The van der Waals surface area contributed by atoms with Crippen LogP contribution in [0.3, 0.4) is 0 Å². The highest BCUT2D eigenvalue weighted by Gasteiger charge is 2.25. The molecule has 8 heteroatoms. The van der Waals surface area contributed by atoms with E-state index in [1.807, 2.05) is 13.0 Å². The monoisotopic (exact) mass is 299 g/mol. The molecule has 1 aromatic rings. The maximum Gasteiger partial charge on any atom is 0.224 e. The Labute approximate surface area is 119 Å². The molecule has 0 aliphatic carbocycles. The standard InChI is InChI=1S/C12H21N5O2S/c1-3-13-11-4-7-14-12(16-11)15-10-5-8-17(9-6-10)20(2,18)19/h4,7,10H,3,5-6,8-9H2,1-2H3,(H2,13,14,15,16). The molecule has 0 amide bonds. The Kier molecular flexibility index (Phi) is 4.77. The van der Waals surface area contributed by atoms with Crippen molar-refractivity contribution in [3.8, 4) is 0 Å². The third-order valence-corrected chi connectivity index (χ3v) is 4.57. The molecule has 2 heterocycles. The van der Waals surface area contributed by atoms with E-state index in [-0.39, 0.29) is 6.04 Å². The van der Waals surface area contributed by atoms with Gasteiger partial charge in [-0.05, 0) is 25.8 Å². The van der Waals surface area contributed by atoms with Crippen molar-refractivity contribution in [1.82, 2.24) is 14.3 Å². The average molecular weight is 299 g/mol. The Balaban J connectivity index is 1.91. The number of nitrogens with zero attached hydrogens (tertiary/aromatic N) is 3. The summed E-state index contributed by atoms with van der Waals surface area (Å²) in [7, 11) is -3.07. The summed E-state index contributed by atoms with van der Waals surface area (Å²) in [6, 6.07) is 2.03. The van der Waals surface area contributed by atoms with Crippen LogP contribution in [0.25, 0.3) is 0 Å². The van der Waals surface area contributed by atoms with Gasteiger partial charge < -0.3 is 10.6 Å². The van der Waals surface area contributed by atoms with E-state index in [9.17, 15) is 8.42 Å². The van der Waals surface area contributed by atoms with Crippen LogP contribution >= 0.6 is 0 Å². The number of anilines is 2. The second-order valence-corrected chi connectivity index (χ2v) is 6.86. The number of piperidine rings is 1. The minimum absolute atomic E-state index is 0.213. The van der Waals surface area contributed by atoms with E-state index in [1.165, 1.54) is 10.6 Å². The summed E-state index contributed by atoms with van der Waals surface area (Å²) in [5, 5.41) is 6.40. The fourth-order valence-corrected chi connectivity index (χ4v) is 3.10. The number of aromatic nitrogens is 2. The fraction of sp³-hybridized carbons (Fsp3) is 0.667. The number of hydrogen-bond donors (Lipinski definition) is 2. The summed E-state index contributed by atoms with van der Waals surface area (Å²) in [4.78, 5) is 8.55. The van der Waals surface area contributed by atoms with Crippen molar-refractivity contribution in [2.24, 2.45) is 0 Å². The van der Waals surface area contributed by atoms with Crippen molar-refractivity contribution in [3.05, 3.63) is 12.3 Å². The first-order valence-electron chi connectivity index (χ1n) is 6.77. The molecular weight excluding hydrogens is 278 g/mol. The van der Waals surface area contributed by atoms with Crippen molar-refractivity contribution >= 4 is 21.8 Å². The van der Waals surface area contributed by atoms with Gasteiger partial charge in [0.2, 0.25) is 16.0 Å². The minimum Gasteiger partial charge on any atom is -0.370 e. The van der Waals surface area contributed by atoms with Crippen LogP contribution in [0.15, 0.2) is 12.3 Å². The number of nitrogens with one attached hydrogen (secondary N) is 2. The van der Waals surface area contributed by atoms with Crippen molar-refractivity contribution in [2.75, 3.05) is 36.5 Å². The van der Waals surface area contributed by atoms with Crippen molar-refractivity contribution < 1.29 is 8.42 Å². The molecule has 2 N–H and O–H groups in total. The second kappa shape index (κ2) is 6.36. The lowest BCUT2D eigenvalue weighted by atomic mass is 10.1. The third kappa shape index (κ3) is 4.04. The van der Waals surface area contributed by atoms with E-state index in [0.29, 0.717) is 19.0 Å². The zero-order chi connectivity index (χ0) is 14.6. The Morgan fingerprint density at radius 1 is 1.40 bits per heavy atom. The van der Waals surface area contributed by atoms with Crippen molar-refractivity contribution in [3.63, 3.8) is 0 Å². The minimum atomic E-state index is -3.07. The second-order valence-electron chi connectivity index (χ2n) is 4.88. The maximum atomic E-state index is 11.4. The SMILES string of the molecule is CCNc1ccnc(NC2CCN(S(C)(=O)=O)CC2)n1. The lowest BCUT2D eigenvalue weighted by Crippen LogP contribution is -2.42. The topological polar surface area (TPSA) is 87.2 Å². The largest absolute Gasteiger partial charge is 0.370 e.